The van der Waals surface area contributed by atoms with Crippen LogP contribution in [0.25, 0.3) is 4.96 Å². The number of fused-ring (bicyclic) bond motifs is 1. The van der Waals surface area contributed by atoms with Gasteiger partial charge in [-0.15, -0.1) is 11.3 Å². The molecule has 0 saturated carbocycles. The summed E-state index contributed by atoms with van der Waals surface area (Å²) in [7, 11) is 1.70. The van der Waals surface area contributed by atoms with Crippen LogP contribution in [0.5, 0.6) is 5.75 Å². The summed E-state index contributed by atoms with van der Waals surface area (Å²) in [6.45, 7) is 5.65. The fourth-order valence-electron chi connectivity index (χ4n) is 3.33. The van der Waals surface area contributed by atoms with Crippen LogP contribution in [-0.4, -0.2) is 52.5 Å². The lowest BCUT2D eigenvalue weighted by molar-refractivity contribution is 0.121. The summed E-state index contributed by atoms with van der Waals surface area (Å²) in [5.41, 5.74) is 2.14. The Bertz CT molecular complexity index is 944. The SMILES string of the molecule is COc1cccc(CN2CCN(Cc3cc(=O)n4ccsc4n3)CC2)c1. The van der Waals surface area contributed by atoms with Gasteiger partial charge in [-0.25, -0.2) is 4.98 Å². The van der Waals surface area contributed by atoms with Gasteiger partial charge in [0.05, 0.1) is 12.8 Å². The Morgan fingerprint density at radius 3 is 2.65 bits per heavy atom. The van der Waals surface area contributed by atoms with E-state index in [9.17, 15) is 4.79 Å². The van der Waals surface area contributed by atoms with Gasteiger partial charge < -0.3 is 4.74 Å². The van der Waals surface area contributed by atoms with Crippen LogP contribution in [0.1, 0.15) is 11.3 Å². The third kappa shape index (κ3) is 3.80. The van der Waals surface area contributed by atoms with Crippen LogP contribution in [0, 0.1) is 0 Å². The number of rotatable bonds is 5. The summed E-state index contributed by atoms with van der Waals surface area (Å²) in [5, 5.41) is 1.89. The average molecular weight is 370 g/mol. The molecule has 1 aliphatic heterocycles. The van der Waals surface area contributed by atoms with E-state index in [1.165, 1.54) is 16.9 Å². The van der Waals surface area contributed by atoms with Gasteiger partial charge in [0.25, 0.3) is 5.56 Å². The van der Waals surface area contributed by atoms with Crippen LogP contribution in [-0.2, 0) is 13.1 Å². The standard InChI is InChI=1S/C19H22N4O2S/c1-25-17-4-2-3-15(11-17)13-21-5-7-22(8-6-21)14-16-12-18(24)23-9-10-26-19(23)20-16/h2-4,9-12H,5-8,13-14H2,1H3. The van der Waals surface area contributed by atoms with Gasteiger partial charge in [-0.3, -0.25) is 19.0 Å². The molecule has 3 aromatic rings. The minimum atomic E-state index is 0.00270. The van der Waals surface area contributed by atoms with Gasteiger partial charge in [0, 0.05) is 56.9 Å². The van der Waals surface area contributed by atoms with Crippen LogP contribution in [0.2, 0.25) is 0 Å². The van der Waals surface area contributed by atoms with Crippen molar-refractivity contribution in [2.45, 2.75) is 13.1 Å². The zero-order chi connectivity index (χ0) is 17.9. The van der Waals surface area contributed by atoms with Crippen molar-refractivity contribution in [3.63, 3.8) is 0 Å². The van der Waals surface area contributed by atoms with Crippen molar-refractivity contribution in [2.75, 3.05) is 33.3 Å². The maximum atomic E-state index is 12.1. The highest BCUT2D eigenvalue weighted by atomic mass is 32.1. The van der Waals surface area contributed by atoms with Gasteiger partial charge in [0.1, 0.15) is 5.75 Å². The lowest BCUT2D eigenvalue weighted by Crippen LogP contribution is -2.45. The molecule has 0 unspecified atom stereocenters. The van der Waals surface area contributed by atoms with Crippen molar-refractivity contribution in [1.82, 2.24) is 19.2 Å². The molecule has 3 heterocycles. The summed E-state index contributed by atoms with van der Waals surface area (Å²) in [6.07, 6.45) is 1.77. The number of nitrogens with zero attached hydrogens (tertiary/aromatic N) is 4. The highest BCUT2D eigenvalue weighted by Gasteiger charge is 2.18. The monoisotopic (exact) mass is 370 g/mol. The zero-order valence-electron chi connectivity index (χ0n) is 14.8. The van der Waals surface area contributed by atoms with Gasteiger partial charge in [-0.2, -0.15) is 0 Å². The Kier molecular flexibility index (Phi) is 5.01. The molecule has 1 aliphatic rings. The van der Waals surface area contributed by atoms with Crippen molar-refractivity contribution in [2.24, 2.45) is 0 Å². The molecular formula is C19H22N4O2S. The van der Waals surface area contributed by atoms with E-state index >= 15 is 0 Å². The Labute approximate surface area is 156 Å². The number of methoxy groups -OCH3 is 1. The normalized spacial score (nSPS) is 16.2. The van der Waals surface area contributed by atoms with Crippen LogP contribution in [0.3, 0.4) is 0 Å². The molecule has 1 aromatic carbocycles. The smallest absolute Gasteiger partial charge is 0.258 e. The Morgan fingerprint density at radius 1 is 1.12 bits per heavy atom. The topological polar surface area (TPSA) is 50.1 Å². The van der Waals surface area contributed by atoms with Crippen LogP contribution < -0.4 is 10.3 Å². The van der Waals surface area contributed by atoms with Gasteiger partial charge in [-0.05, 0) is 17.7 Å². The van der Waals surface area contributed by atoms with Crippen molar-refractivity contribution < 1.29 is 4.74 Å². The van der Waals surface area contributed by atoms with E-state index in [1.54, 1.807) is 23.8 Å². The highest BCUT2D eigenvalue weighted by Crippen LogP contribution is 2.16. The summed E-state index contributed by atoms with van der Waals surface area (Å²) < 4.78 is 6.90. The number of hydrogen-bond acceptors (Lipinski definition) is 6. The number of hydrogen-bond donors (Lipinski definition) is 0. The number of benzene rings is 1. The quantitative estimate of drug-likeness (QED) is 0.688. The van der Waals surface area contributed by atoms with Crippen LogP contribution in [0.4, 0.5) is 0 Å². The number of aromatic nitrogens is 2. The molecule has 7 heteroatoms. The highest BCUT2D eigenvalue weighted by molar-refractivity contribution is 7.15. The fourth-order valence-corrected chi connectivity index (χ4v) is 4.07. The molecule has 0 atom stereocenters. The molecule has 0 aliphatic carbocycles. The Balaban J connectivity index is 1.35. The average Bonchev–Trinajstić information content (AvgIpc) is 3.13. The summed E-state index contributed by atoms with van der Waals surface area (Å²) in [5.74, 6) is 0.905. The van der Waals surface area contributed by atoms with Crippen LogP contribution >= 0.6 is 11.3 Å². The van der Waals surface area contributed by atoms with E-state index in [-0.39, 0.29) is 5.56 Å². The summed E-state index contributed by atoms with van der Waals surface area (Å²) in [4.78, 5) is 22.3. The number of ether oxygens (including phenoxy) is 1. The Hall–Kier alpha value is -2.22. The van der Waals surface area contributed by atoms with E-state index < -0.39 is 0 Å². The molecule has 26 heavy (non-hydrogen) atoms. The second-order valence-electron chi connectivity index (χ2n) is 6.55. The largest absolute Gasteiger partial charge is 0.497 e. The first-order valence-electron chi connectivity index (χ1n) is 8.75. The lowest BCUT2D eigenvalue weighted by atomic mass is 10.2. The third-order valence-electron chi connectivity index (χ3n) is 4.75. The van der Waals surface area contributed by atoms with E-state index in [2.05, 4.69) is 26.9 Å². The minimum absolute atomic E-state index is 0.00270. The lowest BCUT2D eigenvalue weighted by Gasteiger charge is -2.34. The summed E-state index contributed by atoms with van der Waals surface area (Å²) in [6, 6.07) is 9.90. The predicted octanol–water partition coefficient (Wildman–Crippen LogP) is 2.08. The first-order valence-corrected chi connectivity index (χ1v) is 9.63. The molecule has 0 bridgehead atoms. The zero-order valence-corrected chi connectivity index (χ0v) is 15.6. The molecule has 0 radical (unpaired) electrons. The van der Waals surface area contributed by atoms with E-state index in [1.807, 2.05) is 17.5 Å². The molecule has 6 nitrogen and oxygen atoms in total. The van der Waals surface area contributed by atoms with Gasteiger partial charge in [0.2, 0.25) is 0 Å². The van der Waals surface area contributed by atoms with E-state index in [0.717, 1.165) is 55.7 Å². The Morgan fingerprint density at radius 2 is 1.88 bits per heavy atom. The predicted molar refractivity (Wildman–Crippen MR) is 103 cm³/mol. The molecule has 2 aromatic heterocycles. The molecule has 0 spiro atoms. The molecule has 1 saturated heterocycles. The van der Waals surface area contributed by atoms with Crippen molar-refractivity contribution in [3.05, 3.63) is 63.5 Å². The van der Waals surface area contributed by atoms with E-state index in [0.29, 0.717) is 0 Å². The maximum Gasteiger partial charge on any atom is 0.258 e. The summed E-state index contributed by atoms with van der Waals surface area (Å²) >= 11 is 1.50. The van der Waals surface area contributed by atoms with Gasteiger partial charge in [-0.1, -0.05) is 12.1 Å². The molecule has 136 valence electrons. The van der Waals surface area contributed by atoms with Gasteiger partial charge in [0.15, 0.2) is 4.96 Å². The first-order chi connectivity index (χ1) is 12.7. The van der Waals surface area contributed by atoms with Crippen molar-refractivity contribution >= 4 is 16.3 Å². The minimum Gasteiger partial charge on any atom is -0.497 e. The molecule has 4 rings (SSSR count). The van der Waals surface area contributed by atoms with Crippen LogP contribution in [0.15, 0.2) is 46.7 Å². The maximum absolute atomic E-state index is 12.1. The third-order valence-corrected chi connectivity index (χ3v) is 5.50. The molecular weight excluding hydrogens is 348 g/mol. The van der Waals surface area contributed by atoms with Gasteiger partial charge >= 0.3 is 0 Å². The first kappa shape index (κ1) is 17.2. The second kappa shape index (κ2) is 7.57. The molecule has 1 fully saturated rings. The van der Waals surface area contributed by atoms with Crippen molar-refractivity contribution in [1.29, 1.82) is 0 Å². The van der Waals surface area contributed by atoms with E-state index in [4.69, 9.17) is 4.74 Å². The number of thiazole rings is 1. The fraction of sp³-hybridized carbons (Fsp3) is 0.368. The van der Waals surface area contributed by atoms with Crippen molar-refractivity contribution in [3.8, 4) is 5.75 Å². The number of piperazine rings is 1. The second-order valence-corrected chi connectivity index (χ2v) is 7.42. The molecule has 0 N–H and O–H groups in total. The molecule has 0 amide bonds.